The molecule has 13 aliphatic rings. The molecule has 13 rings (SSSR count). The van der Waals surface area contributed by atoms with Crippen molar-refractivity contribution in [1.82, 2.24) is 0 Å². The van der Waals surface area contributed by atoms with Crippen LogP contribution in [0.4, 0.5) is 0 Å². The van der Waals surface area contributed by atoms with Gasteiger partial charge in [0.1, 0.15) is 72.2 Å². The predicted octanol–water partition coefficient (Wildman–Crippen LogP) is 1.99. The molecule has 0 spiro atoms. The SMILES string of the molecule is C=CCC(=C)/C=C/[C@@](C)(O)[C@H]1O[C@@H]2C[C@@H]3O[C@@H]4C[C@@H]5O[C@@H]6C[C@@H]7O[C@@H]8C[C@@H]9O[C@@H]%10C[C@@H]%11O[C@](C)(CCCOS(=O)(=O)O)[C@@H](OS(=O)(=O)O)C[C@H]%11O[C@H]%10C[C@H]9O[C@H]8CC[C@@]7(C)O[C@@]6(C)C[C@H](C)[C@H]5O[C@H]4[C@@H](O[C@H]4O[C@@H](CO[C@H]5O[C@@H](CO)[C@H](O)[C@H]5O)[C@H](O)[C@H]4O)[C@@]3(C)O[C@H]2CC1=C. The third kappa shape index (κ3) is 14.2. The standard InChI is InChI=1S/C65H98O29S2/c1-10-12-30(2)13-16-61(5,71)57-31(3)19-41-40(86-57)25-50-65(9,92-41)58(90-60-54(70)52(68)46(88-60)29-78-59-53(69)51(67)45(28-66)87-59)56-44(85-50)23-43-55(89-56)32(4)27-64(8)48(84-43)26-47-63(7,94-64)17-14-33-34(83-47)20-36-35(80-33)21-37-38(81-36)22-42-39(82-37)24-49(93-96(75,76)77)62(6,91-42)15-11-18-79-95(72,73)74/h10,13,16,32-60,66-71H,1-3,11-12,14-15,17-29H2,4-9H3,(H,72,73,74)(H,75,76,77)/b16-13+/t32-,33-,34+,35+,36-,37-,38+,39+,40+,41-,42-,43-,44+,45-,46-,47-,48+,49-,50-,51-,52-,53+,54+,55+,56+,57-,58+,59-,60+,61+,62+,63+,64-,65-/m0/s1. The molecule has 0 radical (unpaired) electrons. The molecular weight excluding hydrogens is 1310 g/mol. The molecule has 544 valence electrons. The lowest BCUT2D eigenvalue weighted by molar-refractivity contribution is -0.382. The van der Waals surface area contributed by atoms with Crippen LogP contribution in [0.15, 0.2) is 49.1 Å². The van der Waals surface area contributed by atoms with Gasteiger partial charge in [-0.3, -0.25) is 9.11 Å². The highest BCUT2D eigenvalue weighted by Gasteiger charge is 2.67. The molecule has 0 bridgehead atoms. The van der Waals surface area contributed by atoms with Crippen LogP contribution >= 0.6 is 0 Å². The minimum absolute atomic E-state index is 0.0311. The molecular formula is C65H98O29S2. The van der Waals surface area contributed by atoms with Gasteiger partial charge >= 0.3 is 20.8 Å². The maximum atomic E-state index is 12.1. The Bertz CT molecular complexity index is 3100. The third-order valence-electron chi connectivity index (χ3n) is 23.0. The van der Waals surface area contributed by atoms with Crippen molar-refractivity contribution < 1.29 is 136 Å². The molecule has 0 aromatic carbocycles. The molecule has 0 aromatic rings. The molecule has 34 atom stereocenters. The van der Waals surface area contributed by atoms with Crippen LogP contribution in [0, 0.1) is 5.92 Å². The summed E-state index contributed by atoms with van der Waals surface area (Å²) in [7, 11) is -9.67. The molecule has 13 aliphatic heterocycles. The first kappa shape index (κ1) is 72.2. The Kier molecular flexibility index (Phi) is 20.4. The number of hydrogen-bond acceptors (Lipinski definition) is 27. The molecule has 0 aliphatic carbocycles. The summed E-state index contributed by atoms with van der Waals surface area (Å²) >= 11 is 0. The Hall–Kier alpha value is -2.14. The van der Waals surface area contributed by atoms with Gasteiger partial charge < -0.3 is 102 Å². The zero-order chi connectivity index (χ0) is 68.6. The lowest BCUT2D eigenvalue weighted by Crippen LogP contribution is -2.74. The highest BCUT2D eigenvalue weighted by Crippen LogP contribution is 2.56. The summed E-state index contributed by atoms with van der Waals surface area (Å²) in [4.78, 5) is 0. The van der Waals surface area contributed by atoms with E-state index in [2.05, 4.69) is 44.7 Å². The maximum Gasteiger partial charge on any atom is 0.397 e. The molecule has 13 heterocycles. The number of aliphatic hydroxyl groups excluding tert-OH is 5. The second kappa shape index (κ2) is 27.2. The molecule has 8 N–H and O–H groups in total. The molecule has 0 saturated carbocycles. The molecule has 0 aromatic heterocycles. The normalized spacial score (nSPS) is 51.4. The second-order valence-electron chi connectivity index (χ2n) is 30.2. The number of aliphatic hydroxyl groups is 6. The largest absolute Gasteiger partial charge is 0.397 e. The second-order valence-corrected chi connectivity index (χ2v) is 32.4. The zero-order valence-electron chi connectivity index (χ0n) is 55.1. The summed E-state index contributed by atoms with van der Waals surface area (Å²) in [5.41, 5.74) is -4.40. The topological polar surface area (TPSA) is 387 Å². The summed E-state index contributed by atoms with van der Waals surface area (Å²) in [6, 6.07) is 0. The van der Waals surface area contributed by atoms with Crippen LogP contribution in [-0.2, 0) is 100 Å². The fourth-order valence-corrected chi connectivity index (χ4v) is 19.0. The van der Waals surface area contributed by atoms with E-state index in [0.717, 1.165) is 5.57 Å². The van der Waals surface area contributed by atoms with Crippen molar-refractivity contribution in [3.05, 3.63) is 49.1 Å². The summed E-state index contributed by atoms with van der Waals surface area (Å²) < 4.78 is 177. The number of hydrogen-bond donors (Lipinski definition) is 8. The van der Waals surface area contributed by atoms with Crippen molar-refractivity contribution in [1.29, 1.82) is 0 Å². The van der Waals surface area contributed by atoms with E-state index in [4.69, 9.17) is 79.8 Å². The van der Waals surface area contributed by atoms with Gasteiger partial charge in [0.25, 0.3) is 0 Å². The molecule has 29 nitrogen and oxygen atoms in total. The fraction of sp³-hybridized carbons (Fsp3) is 0.877. The average Bonchev–Trinajstić information content (AvgIpc) is 0.926. The minimum Gasteiger partial charge on any atom is -0.394 e. The zero-order valence-corrected chi connectivity index (χ0v) is 56.7. The number of allylic oxidation sites excluding steroid dienone is 3. The van der Waals surface area contributed by atoms with Crippen LogP contribution in [0.2, 0.25) is 0 Å². The average molecular weight is 1410 g/mol. The van der Waals surface area contributed by atoms with E-state index in [1.165, 1.54) is 0 Å². The van der Waals surface area contributed by atoms with Gasteiger partial charge in [-0.05, 0) is 91.1 Å². The van der Waals surface area contributed by atoms with Crippen molar-refractivity contribution in [3.63, 3.8) is 0 Å². The molecule has 96 heavy (non-hydrogen) atoms. The van der Waals surface area contributed by atoms with Crippen LogP contribution in [0.25, 0.3) is 0 Å². The Morgan fingerprint density at radius 1 is 0.667 bits per heavy atom. The van der Waals surface area contributed by atoms with Crippen LogP contribution in [-0.4, -0.2) is 276 Å². The van der Waals surface area contributed by atoms with Gasteiger partial charge in [-0.15, -0.1) is 6.58 Å². The summed E-state index contributed by atoms with van der Waals surface area (Å²) in [5.74, 6) is -0.175. The first-order valence-electron chi connectivity index (χ1n) is 34.0. The number of rotatable bonds is 18. The first-order chi connectivity index (χ1) is 45.2. The van der Waals surface area contributed by atoms with Crippen LogP contribution in [0.5, 0.6) is 0 Å². The monoisotopic (exact) mass is 1410 g/mol. The van der Waals surface area contributed by atoms with E-state index in [1.54, 1.807) is 32.1 Å². The highest BCUT2D eigenvalue weighted by molar-refractivity contribution is 7.81. The van der Waals surface area contributed by atoms with Crippen LogP contribution < -0.4 is 0 Å². The van der Waals surface area contributed by atoms with Crippen LogP contribution in [0.1, 0.15) is 131 Å². The highest BCUT2D eigenvalue weighted by atomic mass is 32.3. The molecule has 31 heteroatoms. The van der Waals surface area contributed by atoms with Crippen molar-refractivity contribution in [3.8, 4) is 0 Å². The van der Waals surface area contributed by atoms with Gasteiger partial charge in [0.15, 0.2) is 12.6 Å². The summed E-state index contributed by atoms with van der Waals surface area (Å²) in [6.07, 6.45) is -13.0. The Morgan fingerprint density at radius 2 is 1.26 bits per heavy atom. The third-order valence-corrected chi connectivity index (χ3v) is 23.9. The van der Waals surface area contributed by atoms with Gasteiger partial charge in [0.05, 0.1) is 134 Å². The van der Waals surface area contributed by atoms with Gasteiger partial charge in [0.2, 0.25) is 0 Å². The van der Waals surface area contributed by atoms with Gasteiger partial charge in [-0.2, -0.15) is 16.8 Å². The maximum absolute atomic E-state index is 12.1. The van der Waals surface area contributed by atoms with Crippen molar-refractivity contribution in [2.75, 3.05) is 19.8 Å². The van der Waals surface area contributed by atoms with Crippen molar-refractivity contribution >= 4 is 20.8 Å². The van der Waals surface area contributed by atoms with E-state index in [9.17, 15) is 52.0 Å². The van der Waals surface area contributed by atoms with E-state index < -0.39 is 215 Å². The van der Waals surface area contributed by atoms with E-state index in [-0.39, 0.29) is 56.0 Å². The Balaban J connectivity index is 0.705. The van der Waals surface area contributed by atoms with Gasteiger partial charge in [-0.1, -0.05) is 43.9 Å². The molecule has 13 saturated heterocycles. The molecule has 13 fully saturated rings. The fourth-order valence-electron chi connectivity index (χ4n) is 18.1. The van der Waals surface area contributed by atoms with Crippen LogP contribution in [0.3, 0.4) is 0 Å². The van der Waals surface area contributed by atoms with Gasteiger partial charge in [-0.25, -0.2) is 8.37 Å². The first-order valence-corrected chi connectivity index (χ1v) is 36.7. The van der Waals surface area contributed by atoms with E-state index >= 15 is 0 Å². The van der Waals surface area contributed by atoms with Crippen molar-refractivity contribution in [2.45, 2.75) is 331 Å². The summed E-state index contributed by atoms with van der Waals surface area (Å²) in [6.45, 7) is 22.3. The predicted molar refractivity (Wildman–Crippen MR) is 329 cm³/mol. The summed E-state index contributed by atoms with van der Waals surface area (Å²) in [5, 5.41) is 65.8. The van der Waals surface area contributed by atoms with Gasteiger partial charge in [0, 0.05) is 44.9 Å². The number of fused-ring (bicyclic) bond motifs is 10. The van der Waals surface area contributed by atoms with E-state index in [0.29, 0.717) is 69.8 Å². The molecule has 0 amide bonds. The minimum atomic E-state index is -4.94. The smallest absolute Gasteiger partial charge is 0.394 e. The Labute approximate surface area is 560 Å². The quantitative estimate of drug-likeness (QED) is 0.0421. The molecule has 0 unspecified atom stereocenters. The number of ether oxygens (including phenoxy) is 15. The van der Waals surface area contributed by atoms with E-state index in [1.807, 2.05) is 6.92 Å². The Morgan fingerprint density at radius 3 is 1.94 bits per heavy atom. The lowest BCUT2D eigenvalue weighted by atomic mass is 9.73. The lowest BCUT2D eigenvalue weighted by Gasteiger charge is -2.60. The van der Waals surface area contributed by atoms with Crippen molar-refractivity contribution in [2.24, 2.45) is 5.92 Å².